The maximum absolute atomic E-state index is 10.9. The van der Waals surface area contributed by atoms with Crippen LogP contribution in [0.3, 0.4) is 0 Å². The predicted octanol–water partition coefficient (Wildman–Crippen LogP) is 5.05. The third-order valence-electron chi connectivity index (χ3n) is 3.57. The molecule has 0 spiro atoms. The molecule has 3 nitrogen and oxygen atoms in total. The molecule has 0 atom stereocenters. The van der Waals surface area contributed by atoms with E-state index in [4.69, 9.17) is 9.84 Å². The second kappa shape index (κ2) is 8.18. The number of benzene rings is 3. The van der Waals surface area contributed by atoms with Gasteiger partial charge in [0.15, 0.2) is 0 Å². The molecule has 0 aliphatic heterocycles. The quantitative estimate of drug-likeness (QED) is 0.706. The zero-order valence-electron chi connectivity index (χ0n) is 12.9. The lowest BCUT2D eigenvalue weighted by molar-refractivity contribution is 0.0697. The van der Waals surface area contributed by atoms with E-state index in [9.17, 15) is 4.79 Å². The zero-order chi connectivity index (χ0) is 16.1. The highest BCUT2D eigenvalue weighted by atomic mass is 35.5. The maximum atomic E-state index is 10.9. The van der Waals surface area contributed by atoms with E-state index >= 15 is 0 Å². The van der Waals surface area contributed by atoms with E-state index in [0.717, 1.165) is 22.4 Å². The van der Waals surface area contributed by atoms with Crippen LogP contribution >= 0.6 is 12.4 Å². The van der Waals surface area contributed by atoms with Crippen LogP contribution in [0, 0.1) is 0 Å². The minimum Gasteiger partial charge on any atom is -0.489 e. The Balaban J connectivity index is 0.00000208. The summed E-state index contributed by atoms with van der Waals surface area (Å²) in [6, 6.07) is 24.6. The van der Waals surface area contributed by atoms with Crippen LogP contribution in [-0.2, 0) is 6.61 Å². The molecular formula is C20H17ClO3. The Labute approximate surface area is 146 Å². The van der Waals surface area contributed by atoms with Crippen LogP contribution in [0.1, 0.15) is 15.9 Å². The van der Waals surface area contributed by atoms with Gasteiger partial charge in [-0.3, -0.25) is 0 Å². The minimum atomic E-state index is -0.916. The largest absolute Gasteiger partial charge is 0.489 e. The maximum Gasteiger partial charge on any atom is 0.335 e. The number of carboxylic acid groups (broad SMARTS) is 1. The predicted molar refractivity (Wildman–Crippen MR) is 96.9 cm³/mol. The van der Waals surface area contributed by atoms with Crippen molar-refractivity contribution < 1.29 is 14.6 Å². The summed E-state index contributed by atoms with van der Waals surface area (Å²) in [5, 5.41) is 8.92. The molecule has 3 aromatic rings. The summed E-state index contributed by atoms with van der Waals surface area (Å²) < 4.78 is 5.76. The van der Waals surface area contributed by atoms with Crippen LogP contribution in [0.5, 0.6) is 5.75 Å². The Morgan fingerprint density at radius 1 is 0.792 bits per heavy atom. The third-order valence-corrected chi connectivity index (χ3v) is 3.57. The average molecular weight is 341 g/mol. The molecule has 0 unspecified atom stereocenters. The molecule has 0 saturated heterocycles. The second-order valence-corrected chi connectivity index (χ2v) is 5.18. The molecule has 0 saturated carbocycles. The fourth-order valence-corrected chi connectivity index (χ4v) is 2.29. The van der Waals surface area contributed by atoms with E-state index < -0.39 is 5.97 Å². The third kappa shape index (κ3) is 4.37. The van der Waals surface area contributed by atoms with E-state index in [1.165, 1.54) is 0 Å². The lowest BCUT2D eigenvalue weighted by Crippen LogP contribution is -1.95. The van der Waals surface area contributed by atoms with Gasteiger partial charge in [-0.15, -0.1) is 12.4 Å². The molecule has 0 radical (unpaired) electrons. The summed E-state index contributed by atoms with van der Waals surface area (Å²) in [5.41, 5.74) is 3.41. The molecule has 0 heterocycles. The monoisotopic (exact) mass is 340 g/mol. The van der Waals surface area contributed by atoms with Crippen molar-refractivity contribution in [2.75, 3.05) is 0 Å². The van der Waals surface area contributed by atoms with Gasteiger partial charge in [0.2, 0.25) is 0 Å². The Morgan fingerprint density at radius 2 is 1.33 bits per heavy atom. The summed E-state index contributed by atoms with van der Waals surface area (Å²) in [4.78, 5) is 10.9. The molecule has 0 fully saturated rings. The van der Waals surface area contributed by atoms with E-state index in [2.05, 4.69) is 0 Å². The van der Waals surface area contributed by atoms with E-state index in [1.54, 1.807) is 12.1 Å². The van der Waals surface area contributed by atoms with E-state index in [0.29, 0.717) is 6.61 Å². The molecule has 0 bridgehead atoms. The first-order valence-corrected chi connectivity index (χ1v) is 7.33. The van der Waals surface area contributed by atoms with Gasteiger partial charge in [0.25, 0.3) is 0 Å². The number of ether oxygens (including phenoxy) is 1. The summed E-state index contributed by atoms with van der Waals surface area (Å²) >= 11 is 0. The Bertz CT molecular complexity index is 781. The van der Waals surface area contributed by atoms with Crippen molar-refractivity contribution in [3.8, 4) is 16.9 Å². The first kappa shape index (κ1) is 17.6. The van der Waals surface area contributed by atoms with Gasteiger partial charge < -0.3 is 9.84 Å². The second-order valence-electron chi connectivity index (χ2n) is 5.18. The number of aromatic carboxylic acids is 1. The topological polar surface area (TPSA) is 46.5 Å². The molecular weight excluding hydrogens is 324 g/mol. The van der Waals surface area contributed by atoms with Crippen molar-refractivity contribution in [3.63, 3.8) is 0 Å². The SMILES string of the molecule is Cl.O=C(O)c1ccc(-c2ccc(OCc3ccccc3)cc2)cc1. The standard InChI is InChI=1S/C20H16O3.ClH/c21-20(22)18-8-6-16(7-9-18)17-10-12-19(13-11-17)23-14-15-4-2-1-3-5-15;/h1-13H,14H2,(H,21,22);1H. The van der Waals surface area contributed by atoms with Gasteiger partial charge in [-0.2, -0.15) is 0 Å². The van der Waals surface area contributed by atoms with E-state index in [1.807, 2.05) is 66.7 Å². The number of hydrogen-bond donors (Lipinski definition) is 1. The Kier molecular flexibility index (Phi) is 5.99. The minimum absolute atomic E-state index is 0. The fourth-order valence-electron chi connectivity index (χ4n) is 2.29. The van der Waals surface area contributed by atoms with E-state index in [-0.39, 0.29) is 18.0 Å². The molecule has 1 N–H and O–H groups in total. The van der Waals surface area contributed by atoms with Crippen LogP contribution in [0.2, 0.25) is 0 Å². The van der Waals surface area contributed by atoms with Crippen LogP contribution in [-0.4, -0.2) is 11.1 Å². The average Bonchev–Trinajstić information content (AvgIpc) is 2.61. The lowest BCUT2D eigenvalue weighted by atomic mass is 10.0. The summed E-state index contributed by atoms with van der Waals surface area (Å²) in [6.45, 7) is 0.535. The molecule has 122 valence electrons. The smallest absolute Gasteiger partial charge is 0.335 e. The molecule has 3 rings (SSSR count). The molecule has 24 heavy (non-hydrogen) atoms. The van der Waals surface area contributed by atoms with Crippen LogP contribution < -0.4 is 4.74 Å². The van der Waals surface area contributed by atoms with Gasteiger partial charge in [-0.1, -0.05) is 54.6 Å². The van der Waals surface area contributed by atoms with Gasteiger partial charge in [-0.25, -0.2) is 4.79 Å². The van der Waals surface area contributed by atoms with Crippen LogP contribution in [0.4, 0.5) is 0 Å². The van der Waals surface area contributed by atoms with Crippen LogP contribution in [0.25, 0.3) is 11.1 Å². The molecule has 4 heteroatoms. The summed E-state index contributed by atoms with van der Waals surface area (Å²) in [5.74, 6) is -0.110. The zero-order valence-corrected chi connectivity index (χ0v) is 13.7. The molecule has 0 aliphatic carbocycles. The van der Waals surface area contributed by atoms with Crippen LogP contribution in [0.15, 0.2) is 78.9 Å². The summed E-state index contributed by atoms with van der Waals surface area (Å²) in [6.07, 6.45) is 0. The highest BCUT2D eigenvalue weighted by molar-refractivity contribution is 5.88. The van der Waals surface area contributed by atoms with Gasteiger partial charge >= 0.3 is 5.97 Å². The molecule has 0 amide bonds. The fraction of sp³-hybridized carbons (Fsp3) is 0.0500. The lowest BCUT2D eigenvalue weighted by Gasteiger charge is -2.08. The first-order chi connectivity index (χ1) is 11.2. The van der Waals surface area contributed by atoms with Crippen molar-refractivity contribution >= 4 is 18.4 Å². The molecule has 0 aromatic heterocycles. The summed E-state index contributed by atoms with van der Waals surface area (Å²) in [7, 11) is 0. The number of rotatable bonds is 5. The Hall–Kier alpha value is -2.78. The molecule has 3 aromatic carbocycles. The van der Waals surface area contributed by atoms with Crippen molar-refractivity contribution in [2.45, 2.75) is 6.61 Å². The molecule has 0 aliphatic rings. The number of carboxylic acids is 1. The van der Waals surface area contributed by atoms with Gasteiger partial charge in [-0.05, 0) is 41.0 Å². The number of carbonyl (C=O) groups is 1. The van der Waals surface area contributed by atoms with Gasteiger partial charge in [0.1, 0.15) is 12.4 Å². The Morgan fingerprint density at radius 3 is 1.88 bits per heavy atom. The van der Waals surface area contributed by atoms with Crippen molar-refractivity contribution in [1.29, 1.82) is 0 Å². The highest BCUT2D eigenvalue weighted by Crippen LogP contribution is 2.23. The normalized spacial score (nSPS) is 9.83. The highest BCUT2D eigenvalue weighted by Gasteiger charge is 2.03. The van der Waals surface area contributed by atoms with Crippen molar-refractivity contribution in [1.82, 2.24) is 0 Å². The first-order valence-electron chi connectivity index (χ1n) is 7.33. The number of halogens is 1. The van der Waals surface area contributed by atoms with Gasteiger partial charge in [0.05, 0.1) is 5.56 Å². The number of hydrogen-bond acceptors (Lipinski definition) is 2. The van der Waals surface area contributed by atoms with Crippen molar-refractivity contribution in [2.24, 2.45) is 0 Å². The van der Waals surface area contributed by atoms with Gasteiger partial charge in [0, 0.05) is 0 Å². The van der Waals surface area contributed by atoms with Crippen molar-refractivity contribution in [3.05, 3.63) is 90.0 Å².